The predicted octanol–water partition coefficient (Wildman–Crippen LogP) is 4.71. The Morgan fingerprint density at radius 1 is 0.968 bits per heavy atom. The van der Waals surface area contributed by atoms with Crippen LogP contribution in [-0.2, 0) is 18.0 Å². The van der Waals surface area contributed by atoms with Gasteiger partial charge in [-0.3, -0.25) is 9.80 Å². The zero-order valence-corrected chi connectivity index (χ0v) is 20.1. The van der Waals surface area contributed by atoms with Crippen LogP contribution in [0.25, 0.3) is 0 Å². The van der Waals surface area contributed by atoms with Crippen molar-refractivity contribution in [2.75, 3.05) is 32.1 Å². The van der Waals surface area contributed by atoms with Gasteiger partial charge in [0.1, 0.15) is 5.82 Å². The number of hydrogen-bond donors (Lipinski definition) is 0. The lowest BCUT2D eigenvalue weighted by atomic mass is 10.2. The van der Waals surface area contributed by atoms with Gasteiger partial charge in [-0.2, -0.15) is 0 Å². The predicted molar refractivity (Wildman–Crippen MR) is 127 cm³/mol. The van der Waals surface area contributed by atoms with Gasteiger partial charge in [-0.15, -0.1) is 0 Å². The van der Waals surface area contributed by atoms with Crippen LogP contribution in [0.3, 0.4) is 0 Å². The van der Waals surface area contributed by atoms with E-state index >= 15 is 0 Å². The van der Waals surface area contributed by atoms with Crippen LogP contribution in [0.15, 0.2) is 42.5 Å². The lowest BCUT2D eigenvalue weighted by Crippen LogP contribution is -2.47. The summed E-state index contributed by atoms with van der Waals surface area (Å²) in [5.74, 6) is 0.671. The molecule has 2 aromatic rings. The summed E-state index contributed by atoms with van der Waals surface area (Å²) in [6.45, 7) is 13.1. The number of hydrogen-bond acceptors (Lipinski definition) is 4. The average molecular weight is 427 g/mol. The molecule has 2 rings (SSSR count). The van der Waals surface area contributed by atoms with E-state index in [1.54, 1.807) is 23.9 Å². The Morgan fingerprint density at radius 2 is 1.61 bits per heavy atom. The van der Waals surface area contributed by atoms with Crippen LogP contribution in [0.2, 0.25) is 0 Å². The molecule has 0 spiro atoms. The summed E-state index contributed by atoms with van der Waals surface area (Å²) < 4.78 is 5.88. The van der Waals surface area contributed by atoms with Crippen molar-refractivity contribution in [3.63, 3.8) is 0 Å². The van der Waals surface area contributed by atoms with Gasteiger partial charge in [0, 0.05) is 39.3 Å². The van der Waals surface area contributed by atoms with Crippen molar-refractivity contribution in [3.05, 3.63) is 59.3 Å². The summed E-state index contributed by atoms with van der Waals surface area (Å²) in [5, 5.41) is 0. The summed E-state index contributed by atoms with van der Waals surface area (Å²) in [6.07, 6.45) is 0. The van der Waals surface area contributed by atoms with Gasteiger partial charge >= 0.3 is 6.03 Å². The van der Waals surface area contributed by atoms with Gasteiger partial charge < -0.3 is 9.64 Å². The molecule has 0 atom stereocenters. The molecular weight excluding hydrogens is 388 g/mol. The summed E-state index contributed by atoms with van der Waals surface area (Å²) in [7, 11) is 3.55. The van der Waals surface area contributed by atoms with E-state index in [1.165, 1.54) is 0 Å². The summed E-state index contributed by atoms with van der Waals surface area (Å²) in [4.78, 5) is 23.5. The first kappa shape index (κ1) is 24.8. The Hall–Kier alpha value is -2.44. The number of carbonyl (C=O) groups is 1. The second kappa shape index (κ2) is 11.8. The van der Waals surface area contributed by atoms with Crippen molar-refractivity contribution in [2.45, 2.75) is 59.9 Å². The normalized spacial score (nSPS) is 11.4. The van der Waals surface area contributed by atoms with E-state index in [9.17, 15) is 4.79 Å². The minimum atomic E-state index is -0.0679. The highest BCUT2D eigenvalue weighted by Gasteiger charge is 2.22. The highest BCUT2D eigenvalue weighted by Crippen LogP contribution is 2.18. The lowest BCUT2D eigenvalue weighted by Gasteiger charge is -2.33. The highest BCUT2D eigenvalue weighted by molar-refractivity contribution is 5.90. The second-order valence-corrected chi connectivity index (χ2v) is 8.73. The Balaban J connectivity index is 2.17. The minimum absolute atomic E-state index is 0.0679. The molecule has 0 radical (unpaired) electrons. The number of aryl methyl sites for hydroxylation is 1. The number of carbonyl (C=O) groups excluding carboxylic acids is 1. The van der Waals surface area contributed by atoms with Crippen molar-refractivity contribution in [2.24, 2.45) is 0 Å². The summed E-state index contributed by atoms with van der Waals surface area (Å²) in [6, 6.07) is 14.8. The van der Waals surface area contributed by atoms with Gasteiger partial charge in [-0.05, 0) is 57.9 Å². The van der Waals surface area contributed by atoms with E-state index in [0.717, 1.165) is 23.4 Å². The number of benzene rings is 1. The molecule has 0 aliphatic rings. The zero-order chi connectivity index (χ0) is 23.0. The molecule has 0 saturated heterocycles. The molecule has 0 aliphatic carbocycles. The van der Waals surface area contributed by atoms with E-state index < -0.39 is 0 Å². The minimum Gasteiger partial charge on any atom is -0.370 e. The highest BCUT2D eigenvalue weighted by atomic mass is 16.5. The standard InChI is InChI=1S/C25H38N4O2/c1-19(2)28(20(3)4)13-14-29(25(30)27(6)7)24-16-21(5)15-23(26-24)18-31-17-22-11-9-8-10-12-22/h8-12,15-16,19-20H,13-14,17-18H2,1-7H3. The number of pyridine rings is 1. The SMILES string of the molecule is Cc1cc(COCc2ccccc2)nc(N(CCN(C(C)C)C(C)C)C(=O)N(C)C)c1. The lowest BCUT2D eigenvalue weighted by molar-refractivity contribution is 0.104. The Bertz CT molecular complexity index is 814. The molecule has 6 heteroatoms. The van der Waals surface area contributed by atoms with E-state index in [4.69, 9.17) is 9.72 Å². The Labute approximate surface area is 187 Å². The molecule has 0 unspecified atom stereocenters. The maximum absolute atomic E-state index is 13.0. The first-order valence-corrected chi connectivity index (χ1v) is 11.0. The fraction of sp³-hybridized carbons (Fsp3) is 0.520. The van der Waals surface area contributed by atoms with Crippen LogP contribution >= 0.6 is 0 Å². The molecule has 31 heavy (non-hydrogen) atoms. The fourth-order valence-corrected chi connectivity index (χ4v) is 3.66. The molecule has 0 bridgehead atoms. The number of nitrogens with zero attached hydrogens (tertiary/aromatic N) is 4. The average Bonchev–Trinajstić information content (AvgIpc) is 2.70. The van der Waals surface area contributed by atoms with Crippen LogP contribution in [0.5, 0.6) is 0 Å². The number of amides is 2. The fourth-order valence-electron chi connectivity index (χ4n) is 3.66. The first-order valence-electron chi connectivity index (χ1n) is 11.0. The molecule has 0 saturated carbocycles. The number of urea groups is 1. The quantitative estimate of drug-likeness (QED) is 0.552. The van der Waals surface area contributed by atoms with Crippen molar-refractivity contribution >= 4 is 11.8 Å². The Morgan fingerprint density at radius 3 is 2.19 bits per heavy atom. The third-order valence-corrected chi connectivity index (χ3v) is 5.17. The van der Waals surface area contributed by atoms with E-state index in [-0.39, 0.29) is 6.03 Å². The van der Waals surface area contributed by atoms with E-state index in [0.29, 0.717) is 37.7 Å². The zero-order valence-electron chi connectivity index (χ0n) is 20.1. The van der Waals surface area contributed by atoms with E-state index in [1.807, 2.05) is 49.4 Å². The number of rotatable bonds is 10. The molecule has 1 aromatic heterocycles. The molecule has 2 amide bonds. The van der Waals surface area contributed by atoms with Crippen molar-refractivity contribution in [1.29, 1.82) is 0 Å². The largest absolute Gasteiger partial charge is 0.370 e. The first-order chi connectivity index (χ1) is 14.7. The van der Waals surface area contributed by atoms with Gasteiger partial charge in [0.15, 0.2) is 0 Å². The van der Waals surface area contributed by atoms with Crippen LogP contribution in [0.4, 0.5) is 10.6 Å². The van der Waals surface area contributed by atoms with Gasteiger partial charge in [0.2, 0.25) is 0 Å². The Kier molecular flexibility index (Phi) is 9.46. The molecule has 170 valence electrons. The topological polar surface area (TPSA) is 48.9 Å². The maximum atomic E-state index is 13.0. The van der Waals surface area contributed by atoms with Gasteiger partial charge in [-0.25, -0.2) is 9.78 Å². The molecule has 6 nitrogen and oxygen atoms in total. The van der Waals surface area contributed by atoms with Crippen LogP contribution < -0.4 is 4.90 Å². The van der Waals surface area contributed by atoms with Crippen molar-refractivity contribution < 1.29 is 9.53 Å². The molecular formula is C25H38N4O2. The van der Waals surface area contributed by atoms with Crippen LogP contribution in [0, 0.1) is 6.92 Å². The van der Waals surface area contributed by atoms with Crippen molar-refractivity contribution in [3.8, 4) is 0 Å². The van der Waals surface area contributed by atoms with Gasteiger partial charge in [0.25, 0.3) is 0 Å². The molecule has 1 heterocycles. The molecule has 0 aliphatic heterocycles. The number of aromatic nitrogens is 1. The van der Waals surface area contributed by atoms with Gasteiger partial charge in [0.05, 0.1) is 18.9 Å². The summed E-state index contributed by atoms with van der Waals surface area (Å²) >= 11 is 0. The third-order valence-electron chi connectivity index (χ3n) is 5.17. The second-order valence-electron chi connectivity index (χ2n) is 8.73. The molecule has 0 N–H and O–H groups in total. The summed E-state index contributed by atoms with van der Waals surface area (Å²) in [5.41, 5.74) is 3.01. The monoisotopic (exact) mass is 426 g/mol. The van der Waals surface area contributed by atoms with Crippen LogP contribution in [-0.4, -0.2) is 60.1 Å². The molecule has 0 fully saturated rings. The maximum Gasteiger partial charge on any atom is 0.325 e. The van der Waals surface area contributed by atoms with Gasteiger partial charge in [-0.1, -0.05) is 30.3 Å². The smallest absolute Gasteiger partial charge is 0.325 e. The number of ether oxygens (including phenoxy) is 1. The number of anilines is 1. The third kappa shape index (κ3) is 7.64. The molecule has 1 aromatic carbocycles. The van der Waals surface area contributed by atoms with Crippen LogP contribution in [0.1, 0.15) is 44.5 Å². The van der Waals surface area contributed by atoms with E-state index in [2.05, 4.69) is 32.6 Å². The van der Waals surface area contributed by atoms with Crippen molar-refractivity contribution in [1.82, 2.24) is 14.8 Å².